The summed E-state index contributed by atoms with van der Waals surface area (Å²) >= 11 is 0. The average molecular weight is 211 g/mol. The average Bonchev–Trinajstić information content (AvgIpc) is 2.30. The molecule has 0 spiro atoms. The van der Waals surface area contributed by atoms with Gasteiger partial charge >= 0.3 is 0 Å². The lowest BCUT2D eigenvalue weighted by atomic mass is 9.88. The highest BCUT2D eigenvalue weighted by molar-refractivity contribution is 4.74. The Kier molecular flexibility index (Phi) is 6.31. The second kappa shape index (κ2) is 7.27. The molecule has 0 bridgehead atoms. The third-order valence-electron chi connectivity index (χ3n) is 4.08. The highest BCUT2D eigenvalue weighted by Crippen LogP contribution is 2.25. The van der Waals surface area contributed by atoms with Crippen molar-refractivity contribution in [3.63, 3.8) is 0 Å². The molecule has 0 radical (unpaired) electrons. The summed E-state index contributed by atoms with van der Waals surface area (Å²) in [6.07, 6.45) is 10.0. The van der Waals surface area contributed by atoms with Crippen molar-refractivity contribution in [2.45, 2.75) is 71.8 Å². The van der Waals surface area contributed by atoms with E-state index in [4.69, 9.17) is 0 Å². The van der Waals surface area contributed by atoms with Gasteiger partial charge in [-0.3, -0.25) is 0 Å². The van der Waals surface area contributed by atoms with E-state index in [-0.39, 0.29) is 0 Å². The normalized spacial score (nSPS) is 19.0. The van der Waals surface area contributed by atoms with Crippen molar-refractivity contribution in [1.82, 2.24) is 4.90 Å². The van der Waals surface area contributed by atoms with Crippen LogP contribution in [0.3, 0.4) is 0 Å². The fourth-order valence-corrected chi connectivity index (χ4v) is 3.04. The van der Waals surface area contributed by atoms with E-state index >= 15 is 0 Å². The molecule has 1 rings (SSSR count). The van der Waals surface area contributed by atoms with Crippen LogP contribution < -0.4 is 0 Å². The molecule has 0 saturated heterocycles. The van der Waals surface area contributed by atoms with Gasteiger partial charge in [0.25, 0.3) is 0 Å². The number of hydrogen-bond acceptors (Lipinski definition) is 1. The fourth-order valence-electron chi connectivity index (χ4n) is 3.04. The van der Waals surface area contributed by atoms with Crippen LogP contribution in [0.2, 0.25) is 0 Å². The smallest absolute Gasteiger partial charge is 0.00900 e. The Labute approximate surface area is 96.2 Å². The Balaban J connectivity index is 2.36. The zero-order valence-corrected chi connectivity index (χ0v) is 11.0. The zero-order valence-electron chi connectivity index (χ0n) is 11.0. The van der Waals surface area contributed by atoms with Crippen LogP contribution >= 0.6 is 0 Å². The fraction of sp³-hybridized carbons (Fsp3) is 1.00. The van der Waals surface area contributed by atoms with Crippen LogP contribution in [0, 0.1) is 5.92 Å². The van der Waals surface area contributed by atoms with Gasteiger partial charge in [0, 0.05) is 12.6 Å². The van der Waals surface area contributed by atoms with E-state index in [1.165, 1.54) is 58.0 Å². The first kappa shape index (κ1) is 13.0. The van der Waals surface area contributed by atoms with Crippen molar-refractivity contribution in [3.8, 4) is 0 Å². The molecular weight excluding hydrogens is 182 g/mol. The van der Waals surface area contributed by atoms with E-state index in [2.05, 4.69) is 25.7 Å². The van der Waals surface area contributed by atoms with Gasteiger partial charge < -0.3 is 4.90 Å². The highest BCUT2D eigenvalue weighted by Gasteiger charge is 2.19. The Morgan fingerprint density at radius 1 is 1.00 bits per heavy atom. The van der Waals surface area contributed by atoms with Crippen molar-refractivity contribution < 1.29 is 0 Å². The molecule has 15 heavy (non-hydrogen) atoms. The molecule has 0 aromatic carbocycles. The molecule has 0 aromatic rings. The van der Waals surface area contributed by atoms with Gasteiger partial charge in [0.05, 0.1) is 0 Å². The van der Waals surface area contributed by atoms with Gasteiger partial charge in [0.1, 0.15) is 0 Å². The zero-order chi connectivity index (χ0) is 11.1. The summed E-state index contributed by atoms with van der Waals surface area (Å²) in [4.78, 5) is 2.72. The van der Waals surface area contributed by atoms with Crippen molar-refractivity contribution in [3.05, 3.63) is 0 Å². The van der Waals surface area contributed by atoms with E-state index in [0.717, 1.165) is 12.0 Å². The summed E-state index contributed by atoms with van der Waals surface area (Å²) in [5.74, 6) is 0.999. The number of rotatable bonds is 6. The van der Waals surface area contributed by atoms with Gasteiger partial charge in [-0.25, -0.2) is 0 Å². The maximum absolute atomic E-state index is 2.72. The maximum atomic E-state index is 2.72. The summed E-state index contributed by atoms with van der Waals surface area (Å²) < 4.78 is 0. The second-order valence-electron chi connectivity index (χ2n) is 5.06. The Morgan fingerprint density at radius 3 is 2.07 bits per heavy atom. The van der Waals surface area contributed by atoms with Gasteiger partial charge in [0.2, 0.25) is 0 Å². The number of nitrogens with zero attached hydrogens (tertiary/aromatic N) is 1. The molecule has 1 saturated carbocycles. The van der Waals surface area contributed by atoms with Crippen molar-refractivity contribution in [2.24, 2.45) is 5.92 Å². The summed E-state index contributed by atoms with van der Waals surface area (Å²) in [7, 11) is 0. The first-order valence-corrected chi connectivity index (χ1v) is 7.05. The minimum atomic E-state index is 0.830. The van der Waals surface area contributed by atoms with Crippen LogP contribution in [0.1, 0.15) is 65.7 Å². The summed E-state index contributed by atoms with van der Waals surface area (Å²) in [5, 5.41) is 0. The van der Waals surface area contributed by atoms with E-state index in [1.807, 2.05) is 0 Å². The first-order chi connectivity index (χ1) is 7.31. The Hall–Kier alpha value is -0.0400. The summed E-state index contributed by atoms with van der Waals surface area (Å²) in [6, 6.07) is 0.830. The van der Waals surface area contributed by atoms with E-state index in [9.17, 15) is 0 Å². The molecule has 0 N–H and O–H groups in total. The van der Waals surface area contributed by atoms with Crippen LogP contribution in [0.15, 0.2) is 0 Å². The lowest BCUT2D eigenvalue weighted by molar-refractivity contribution is 0.148. The molecule has 1 aliphatic rings. The molecule has 1 aliphatic carbocycles. The van der Waals surface area contributed by atoms with Crippen molar-refractivity contribution in [2.75, 3.05) is 13.1 Å². The van der Waals surface area contributed by atoms with E-state index < -0.39 is 0 Å². The molecule has 1 fully saturated rings. The third-order valence-corrected chi connectivity index (χ3v) is 4.08. The largest absolute Gasteiger partial charge is 0.300 e. The van der Waals surface area contributed by atoms with Crippen LogP contribution in [0.5, 0.6) is 0 Å². The number of hydrogen-bond donors (Lipinski definition) is 0. The first-order valence-electron chi connectivity index (χ1n) is 7.05. The topological polar surface area (TPSA) is 3.24 Å². The predicted molar refractivity (Wildman–Crippen MR) is 68.2 cm³/mol. The van der Waals surface area contributed by atoms with Gasteiger partial charge in [0.15, 0.2) is 0 Å². The molecule has 1 nitrogen and oxygen atoms in total. The van der Waals surface area contributed by atoms with Gasteiger partial charge in [-0.2, -0.15) is 0 Å². The molecule has 0 unspecified atom stereocenters. The molecule has 0 aliphatic heterocycles. The summed E-state index contributed by atoms with van der Waals surface area (Å²) in [6.45, 7) is 9.59. The minimum absolute atomic E-state index is 0.830. The molecule has 90 valence electrons. The Bertz CT molecular complexity index is 145. The molecule has 0 atom stereocenters. The predicted octanol–water partition coefficient (Wildman–Crippen LogP) is 4.08. The third kappa shape index (κ3) is 4.14. The molecule has 0 heterocycles. The quantitative estimate of drug-likeness (QED) is 0.640. The SMILES string of the molecule is CCC(CC)N(CC)CC1CCCCC1. The van der Waals surface area contributed by atoms with E-state index in [1.54, 1.807) is 0 Å². The maximum Gasteiger partial charge on any atom is 0.00900 e. The van der Waals surface area contributed by atoms with Gasteiger partial charge in [-0.15, -0.1) is 0 Å². The van der Waals surface area contributed by atoms with E-state index in [0.29, 0.717) is 0 Å². The van der Waals surface area contributed by atoms with Crippen molar-refractivity contribution in [1.29, 1.82) is 0 Å². The molecular formula is C14H29N. The van der Waals surface area contributed by atoms with Crippen LogP contribution in [0.25, 0.3) is 0 Å². The lowest BCUT2D eigenvalue weighted by Gasteiger charge is -2.34. The van der Waals surface area contributed by atoms with Crippen molar-refractivity contribution >= 4 is 0 Å². The second-order valence-corrected chi connectivity index (χ2v) is 5.06. The van der Waals surface area contributed by atoms with Crippen LogP contribution in [-0.2, 0) is 0 Å². The lowest BCUT2D eigenvalue weighted by Crippen LogP contribution is -2.38. The Morgan fingerprint density at radius 2 is 1.60 bits per heavy atom. The summed E-state index contributed by atoms with van der Waals surface area (Å²) in [5.41, 5.74) is 0. The van der Waals surface area contributed by atoms with Crippen LogP contribution in [0.4, 0.5) is 0 Å². The molecule has 0 amide bonds. The van der Waals surface area contributed by atoms with Crippen LogP contribution in [-0.4, -0.2) is 24.0 Å². The standard InChI is InChI=1S/C14H29N/c1-4-14(5-2)15(6-3)12-13-10-8-7-9-11-13/h13-14H,4-12H2,1-3H3. The van der Waals surface area contributed by atoms with Gasteiger partial charge in [-0.05, 0) is 38.1 Å². The monoisotopic (exact) mass is 211 g/mol. The molecule has 0 aromatic heterocycles. The highest BCUT2D eigenvalue weighted by atomic mass is 15.1. The minimum Gasteiger partial charge on any atom is -0.300 e. The van der Waals surface area contributed by atoms with Gasteiger partial charge in [-0.1, -0.05) is 40.0 Å². The molecule has 1 heteroatoms.